The van der Waals surface area contributed by atoms with Gasteiger partial charge in [0.15, 0.2) is 0 Å². The lowest BCUT2D eigenvalue weighted by molar-refractivity contribution is 0.181. The fraction of sp³-hybridized carbons (Fsp3) is 0.450. The van der Waals surface area contributed by atoms with E-state index in [2.05, 4.69) is 16.8 Å². The third-order valence-electron chi connectivity index (χ3n) is 4.71. The minimum atomic E-state index is -3.46. The summed E-state index contributed by atoms with van der Waals surface area (Å²) in [7, 11) is -3.46. The topological polar surface area (TPSA) is 62.7 Å². The molecular formula is C20H27N3O3S. The number of ether oxygens (including phenoxy) is 1. The van der Waals surface area contributed by atoms with Crippen molar-refractivity contribution >= 4 is 10.0 Å². The molecule has 0 amide bonds. The third kappa shape index (κ3) is 5.28. The van der Waals surface area contributed by atoms with Gasteiger partial charge in [-0.05, 0) is 48.4 Å². The summed E-state index contributed by atoms with van der Waals surface area (Å²) in [5.41, 5.74) is 1.19. The lowest BCUT2D eigenvalue weighted by Crippen LogP contribution is -2.48. The number of unbranched alkanes of at least 4 members (excludes halogenated alkanes) is 1. The minimum absolute atomic E-state index is 0.327. The summed E-state index contributed by atoms with van der Waals surface area (Å²) < 4.78 is 32.9. The van der Waals surface area contributed by atoms with Gasteiger partial charge in [0, 0.05) is 45.1 Å². The van der Waals surface area contributed by atoms with E-state index < -0.39 is 10.0 Å². The Morgan fingerprint density at radius 1 is 1.00 bits per heavy atom. The predicted octanol–water partition coefficient (Wildman–Crippen LogP) is 2.77. The molecule has 6 nitrogen and oxygen atoms in total. The van der Waals surface area contributed by atoms with Crippen LogP contribution in [-0.2, 0) is 16.6 Å². The number of sulfonamides is 1. The molecule has 1 aliphatic heterocycles. The van der Waals surface area contributed by atoms with Crippen molar-refractivity contribution in [3.8, 4) is 5.75 Å². The van der Waals surface area contributed by atoms with Gasteiger partial charge in [-0.1, -0.05) is 13.3 Å². The van der Waals surface area contributed by atoms with Gasteiger partial charge in [0.05, 0.1) is 11.5 Å². The summed E-state index contributed by atoms with van der Waals surface area (Å²) in [6.07, 6.45) is 5.63. The molecule has 7 heteroatoms. The Morgan fingerprint density at radius 2 is 1.67 bits per heavy atom. The Hall–Kier alpha value is -1.96. The summed E-state index contributed by atoms with van der Waals surface area (Å²) in [5, 5.41) is 0. The summed E-state index contributed by atoms with van der Waals surface area (Å²) >= 11 is 0. The van der Waals surface area contributed by atoms with Crippen LogP contribution in [0.25, 0.3) is 0 Å². The molecule has 2 aromatic rings. The van der Waals surface area contributed by atoms with E-state index in [9.17, 15) is 8.42 Å². The van der Waals surface area contributed by atoms with Crippen LogP contribution in [0.4, 0.5) is 0 Å². The van der Waals surface area contributed by atoms with Crippen LogP contribution in [-0.4, -0.2) is 55.4 Å². The molecule has 0 bridgehead atoms. The zero-order chi connectivity index (χ0) is 19.1. The number of pyridine rings is 1. The van der Waals surface area contributed by atoms with Crippen molar-refractivity contribution in [3.05, 3.63) is 54.4 Å². The van der Waals surface area contributed by atoms with Gasteiger partial charge in [-0.2, -0.15) is 4.31 Å². The van der Waals surface area contributed by atoms with Crippen molar-refractivity contribution in [2.24, 2.45) is 0 Å². The first kappa shape index (κ1) is 19.8. The molecule has 0 atom stereocenters. The molecule has 0 N–H and O–H groups in total. The third-order valence-corrected chi connectivity index (χ3v) is 6.63. The first-order chi connectivity index (χ1) is 13.1. The standard InChI is InChI=1S/C20H27N3O3S/c1-2-3-16-26-19-4-6-20(7-5-19)27(24,25)23-14-12-22(13-15-23)17-18-8-10-21-11-9-18/h4-11H,2-3,12-17H2,1H3. The largest absolute Gasteiger partial charge is 0.494 e. The molecule has 0 radical (unpaired) electrons. The molecule has 1 aromatic carbocycles. The summed E-state index contributed by atoms with van der Waals surface area (Å²) in [6, 6.07) is 10.7. The lowest BCUT2D eigenvalue weighted by atomic mass is 10.2. The maximum Gasteiger partial charge on any atom is 0.243 e. The molecule has 0 saturated carbocycles. The second-order valence-electron chi connectivity index (χ2n) is 6.71. The van der Waals surface area contributed by atoms with Crippen LogP contribution in [0, 0.1) is 0 Å². The smallest absolute Gasteiger partial charge is 0.243 e. The number of hydrogen-bond acceptors (Lipinski definition) is 5. The van der Waals surface area contributed by atoms with Crippen molar-refractivity contribution in [1.82, 2.24) is 14.2 Å². The van der Waals surface area contributed by atoms with Crippen LogP contribution in [0.15, 0.2) is 53.7 Å². The highest BCUT2D eigenvalue weighted by molar-refractivity contribution is 7.89. The normalized spacial score (nSPS) is 16.3. The molecule has 0 unspecified atom stereocenters. The molecule has 0 spiro atoms. The quantitative estimate of drug-likeness (QED) is 0.650. The fourth-order valence-electron chi connectivity index (χ4n) is 3.07. The second kappa shape index (κ2) is 9.30. The lowest BCUT2D eigenvalue weighted by Gasteiger charge is -2.34. The molecular weight excluding hydrogens is 362 g/mol. The summed E-state index contributed by atoms with van der Waals surface area (Å²) in [6.45, 7) is 6.03. The Bertz CT molecular complexity index is 802. The van der Waals surface area contributed by atoms with Crippen molar-refractivity contribution in [2.75, 3.05) is 32.8 Å². The summed E-state index contributed by atoms with van der Waals surface area (Å²) in [5.74, 6) is 0.713. The number of benzene rings is 1. The molecule has 27 heavy (non-hydrogen) atoms. The van der Waals surface area contributed by atoms with Crippen molar-refractivity contribution < 1.29 is 13.2 Å². The van der Waals surface area contributed by atoms with E-state index in [0.717, 1.165) is 32.5 Å². The maximum atomic E-state index is 12.9. The van der Waals surface area contributed by atoms with Gasteiger partial charge in [0.2, 0.25) is 10.0 Å². The molecule has 1 fully saturated rings. The van der Waals surface area contributed by atoms with Crippen LogP contribution in [0.2, 0.25) is 0 Å². The molecule has 3 rings (SSSR count). The van der Waals surface area contributed by atoms with E-state index >= 15 is 0 Å². The van der Waals surface area contributed by atoms with E-state index in [1.165, 1.54) is 5.56 Å². The highest BCUT2D eigenvalue weighted by Gasteiger charge is 2.28. The van der Waals surface area contributed by atoms with E-state index in [1.54, 1.807) is 41.0 Å². The zero-order valence-electron chi connectivity index (χ0n) is 15.8. The molecule has 0 aliphatic carbocycles. The van der Waals surface area contributed by atoms with Crippen molar-refractivity contribution in [2.45, 2.75) is 31.2 Å². The highest BCUT2D eigenvalue weighted by Crippen LogP contribution is 2.21. The maximum absolute atomic E-state index is 12.9. The SMILES string of the molecule is CCCCOc1ccc(S(=O)(=O)N2CCN(Cc3ccncc3)CC2)cc1. The number of aromatic nitrogens is 1. The molecule has 1 aliphatic rings. The first-order valence-electron chi connectivity index (χ1n) is 9.44. The molecule has 146 valence electrons. The van der Waals surface area contributed by atoms with E-state index in [-0.39, 0.29) is 0 Å². The van der Waals surface area contributed by atoms with Crippen LogP contribution >= 0.6 is 0 Å². The zero-order valence-corrected chi connectivity index (χ0v) is 16.6. The average Bonchev–Trinajstić information content (AvgIpc) is 2.70. The van der Waals surface area contributed by atoms with E-state index in [4.69, 9.17) is 4.74 Å². The molecule has 2 heterocycles. The molecule has 1 saturated heterocycles. The van der Waals surface area contributed by atoms with Crippen LogP contribution < -0.4 is 4.74 Å². The van der Waals surface area contributed by atoms with E-state index in [0.29, 0.717) is 30.3 Å². The fourth-order valence-corrected chi connectivity index (χ4v) is 4.49. The second-order valence-corrected chi connectivity index (χ2v) is 8.65. The average molecular weight is 390 g/mol. The number of rotatable bonds is 8. The van der Waals surface area contributed by atoms with Crippen LogP contribution in [0.5, 0.6) is 5.75 Å². The van der Waals surface area contributed by atoms with Gasteiger partial charge in [-0.3, -0.25) is 9.88 Å². The minimum Gasteiger partial charge on any atom is -0.494 e. The van der Waals surface area contributed by atoms with Gasteiger partial charge in [-0.25, -0.2) is 8.42 Å². The van der Waals surface area contributed by atoms with Gasteiger partial charge in [0.1, 0.15) is 5.75 Å². The van der Waals surface area contributed by atoms with Crippen LogP contribution in [0.1, 0.15) is 25.3 Å². The molecule has 1 aromatic heterocycles. The monoisotopic (exact) mass is 389 g/mol. The number of hydrogen-bond donors (Lipinski definition) is 0. The van der Waals surface area contributed by atoms with Crippen LogP contribution in [0.3, 0.4) is 0 Å². The van der Waals surface area contributed by atoms with Crippen molar-refractivity contribution in [3.63, 3.8) is 0 Å². The van der Waals surface area contributed by atoms with Crippen molar-refractivity contribution in [1.29, 1.82) is 0 Å². The number of piperazine rings is 1. The first-order valence-corrected chi connectivity index (χ1v) is 10.9. The Kier molecular flexibility index (Phi) is 6.82. The van der Waals surface area contributed by atoms with Gasteiger partial charge >= 0.3 is 0 Å². The van der Waals surface area contributed by atoms with Gasteiger partial charge < -0.3 is 4.74 Å². The Morgan fingerprint density at radius 3 is 2.30 bits per heavy atom. The highest BCUT2D eigenvalue weighted by atomic mass is 32.2. The van der Waals surface area contributed by atoms with E-state index in [1.807, 2.05) is 12.1 Å². The predicted molar refractivity (Wildman–Crippen MR) is 105 cm³/mol. The Balaban J connectivity index is 1.56. The summed E-state index contributed by atoms with van der Waals surface area (Å²) in [4.78, 5) is 6.62. The Labute approximate surface area is 161 Å². The van der Waals surface area contributed by atoms with Gasteiger partial charge in [0.25, 0.3) is 0 Å². The van der Waals surface area contributed by atoms with Gasteiger partial charge in [-0.15, -0.1) is 0 Å². The number of nitrogens with zero attached hydrogens (tertiary/aromatic N) is 3.